The van der Waals surface area contributed by atoms with Crippen LogP contribution in [0.2, 0.25) is 0 Å². The van der Waals surface area contributed by atoms with Gasteiger partial charge in [-0.3, -0.25) is 10.0 Å². The van der Waals surface area contributed by atoms with Crippen molar-refractivity contribution in [2.45, 2.75) is 115 Å². The maximum Gasteiger partial charge on any atom is 0.249 e. The molecule has 0 bridgehead atoms. The molecule has 0 radical (unpaired) electrons. The zero-order valence-corrected chi connectivity index (χ0v) is 15.0. The first-order valence-electron chi connectivity index (χ1n) is 10.3. The van der Waals surface area contributed by atoms with E-state index in [1.54, 1.807) is 0 Å². The molecule has 0 unspecified atom stereocenters. The number of amides is 1. The normalized spacial score (nSPS) is 24.2. The summed E-state index contributed by atoms with van der Waals surface area (Å²) < 4.78 is 0. The van der Waals surface area contributed by atoms with E-state index in [9.17, 15) is 10.0 Å². The number of hydrogen-bond acceptors (Lipinski definition) is 2. The lowest BCUT2D eigenvalue weighted by atomic mass is 9.93. The molecule has 0 saturated heterocycles. The standard InChI is InChI=1S/C20H37NO2/c22-20(18-14-10-6-4-5-7-11-15-18)21(23)19-16-12-8-2-1-3-9-13-17-19/h18-19,23H,1-17H2. The summed E-state index contributed by atoms with van der Waals surface area (Å²) in [6, 6.07) is 0.0632. The first-order valence-corrected chi connectivity index (χ1v) is 10.3. The molecule has 23 heavy (non-hydrogen) atoms. The monoisotopic (exact) mass is 323 g/mol. The molecule has 0 spiro atoms. The van der Waals surface area contributed by atoms with Crippen molar-refractivity contribution in [2.24, 2.45) is 5.92 Å². The maximum absolute atomic E-state index is 12.8. The van der Waals surface area contributed by atoms with Gasteiger partial charge in [0, 0.05) is 5.92 Å². The van der Waals surface area contributed by atoms with Gasteiger partial charge < -0.3 is 0 Å². The topological polar surface area (TPSA) is 40.5 Å². The van der Waals surface area contributed by atoms with E-state index in [2.05, 4.69) is 0 Å². The Morgan fingerprint density at radius 2 is 0.957 bits per heavy atom. The van der Waals surface area contributed by atoms with E-state index in [0.29, 0.717) is 0 Å². The lowest BCUT2D eigenvalue weighted by molar-refractivity contribution is -0.182. The molecule has 0 aromatic carbocycles. The third-order valence-electron chi connectivity index (χ3n) is 5.85. The van der Waals surface area contributed by atoms with Gasteiger partial charge in [0.25, 0.3) is 0 Å². The van der Waals surface area contributed by atoms with Crippen molar-refractivity contribution in [3.05, 3.63) is 0 Å². The van der Waals surface area contributed by atoms with Crippen LogP contribution in [0.3, 0.4) is 0 Å². The molecule has 0 aromatic rings. The van der Waals surface area contributed by atoms with Gasteiger partial charge in [-0.05, 0) is 25.7 Å². The molecular weight excluding hydrogens is 286 g/mol. The van der Waals surface area contributed by atoms with Gasteiger partial charge in [0.05, 0.1) is 6.04 Å². The smallest absolute Gasteiger partial charge is 0.249 e. The van der Waals surface area contributed by atoms with Crippen LogP contribution in [0.5, 0.6) is 0 Å². The van der Waals surface area contributed by atoms with E-state index in [1.165, 1.54) is 62.9 Å². The van der Waals surface area contributed by atoms with Crippen LogP contribution in [0.25, 0.3) is 0 Å². The lowest BCUT2D eigenvalue weighted by Crippen LogP contribution is -2.41. The van der Waals surface area contributed by atoms with Crippen LogP contribution >= 0.6 is 0 Å². The van der Waals surface area contributed by atoms with Crippen LogP contribution in [0, 0.1) is 5.92 Å². The van der Waals surface area contributed by atoms with E-state index < -0.39 is 0 Å². The summed E-state index contributed by atoms with van der Waals surface area (Å²) in [4.78, 5) is 12.8. The average molecular weight is 324 g/mol. The van der Waals surface area contributed by atoms with Crippen LogP contribution in [0.15, 0.2) is 0 Å². The maximum atomic E-state index is 12.8. The van der Waals surface area contributed by atoms with E-state index in [1.807, 2.05) is 0 Å². The summed E-state index contributed by atoms with van der Waals surface area (Å²) in [6.45, 7) is 0. The summed E-state index contributed by atoms with van der Waals surface area (Å²) in [5.74, 6) is 0.0856. The largest absolute Gasteiger partial charge is 0.286 e. The van der Waals surface area contributed by atoms with E-state index in [-0.39, 0.29) is 17.9 Å². The molecule has 1 N–H and O–H groups in total. The fourth-order valence-electron chi connectivity index (χ4n) is 4.28. The van der Waals surface area contributed by atoms with Crippen LogP contribution in [-0.2, 0) is 4.79 Å². The number of carbonyl (C=O) groups is 1. The summed E-state index contributed by atoms with van der Waals surface area (Å²) in [5.41, 5.74) is 0. The Labute approximate surface area is 142 Å². The molecule has 2 saturated carbocycles. The van der Waals surface area contributed by atoms with Gasteiger partial charge in [0.15, 0.2) is 0 Å². The Bertz CT molecular complexity index is 312. The van der Waals surface area contributed by atoms with Crippen molar-refractivity contribution in [1.29, 1.82) is 0 Å². The Morgan fingerprint density at radius 3 is 1.39 bits per heavy atom. The summed E-state index contributed by atoms with van der Waals surface area (Å²) in [7, 11) is 0. The molecule has 3 nitrogen and oxygen atoms in total. The highest BCUT2D eigenvalue weighted by molar-refractivity contribution is 5.77. The predicted octanol–water partition coefficient (Wildman–Crippen LogP) is 5.85. The van der Waals surface area contributed by atoms with Gasteiger partial charge in [0.1, 0.15) is 0 Å². The molecule has 3 heteroatoms. The minimum atomic E-state index is 0.0222. The van der Waals surface area contributed by atoms with Crippen LogP contribution in [0.1, 0.15) is 109 Å². The third kappa shape index (κ3) is 6.82. The molecule has 0 atom stereocenters. The molecule has 2 fully saturated rings. The summed E-state index contributed by atoms with van der Waals surface area (Å²) >= 11 is 0. The Kier molecular flexibility index (Phi) is 9.03. The lowest BCUT2D eigenvalue weighted by Gasteiger charge is -2.30. The Morgan fingerprint density at radius 1 is 0.609 bits per heavy atom. The van der Waals surface area contributed by atoms with Crippen LogP contribution < -0.4 is 0 Å². The highest BCUT2D eigenvalue weighted by Gasteiger charge is 2.28. The van der Waals surface area contributed by atoms with Gasteiger partial charge in [-0.25, -0.2) is 5.06 Å². The highest BCUT2D eigenvalue weighted by Crippen LogP contribution is 2.26. The molecule has 0 aliphatic heterocycles. The molecule has 0 aromatic heterocycles. The van der Waals surface area contributed by atoms with Crippen molar-refractivity contribution in [3.63, 3.8) is 0 Å². The highest BCUT2D eigenvalue weighted by atomic mass is 16.5. The molecule has 2 aliphatic carbocycles. The van der Waals surface area contributed by atoms with Gasteiger partial charge in [-0.2, -0.15) is 0 Å². The SMILES string of the molecule is O=C(C1CCCCCCCC1)N(O)C1CCCCCCCCC1. The fraction of sp³-hybridized carbons (Fsp3) is 0.950. The van der Waals surface area contributed by atoms with Crippen molar-refractivity contribution in [3.8, 4) is 0 Å². The van der Waals surface area contributed by atoms with Crippen molar-refractivity contribution < 1.29 is 10.0 Å². The number of rotatable bonds is 2. The van der Waals surface area contributed by atoms with Gasteiger partial charge in [-0.1, -0.05) is 83.5 Å². The number of hydrogen-bond donors (Lipinski definition) is 1. The predicted molar refractivity (Wildman–Crippen MR) is 94.4 cm³/mol. The molecular formula is C20H37NO2. The average Bonchev–Trinajstić information content (AvgIpc) is 2.72. The number of nitrogens with zero attached hydrogens (tertiary/aromatic N) is 1. The zero-order chi connectivity index (χ0) is 16.3. The van der Waals surface area contributed by atoms with E-state index in [4.69, 9.17) is 0 Å². The van der Waals surface area contributed by atoms with Crippen molar-refractivity contribution in [1.82, 2.24) is 5.06 Å². The van der Waals surface area contributed by atoms with Crippen LogP contribution in [-0.4, -0.2) is 22.2 Å². The molecule has 2 aliphatic rings. The van der Waals surface area contributed by atoms with Gasteiger partial charge in [-0.15, -0.1) is 0 Å². The first kappa shape index (κ1) is 18.8. The van der Waals surface area contributed by atoms with Crippen LogP contribution in [0.4, 0.5) is 0 Å². The molecule has 1 amide bonds. The minimum Gasteiger partial charge on any atom is -0.286 e. The number of carbonyl (C=O) groups excluding carboxylic acids is 1. The molecule has 2 rings (SSSR count). The van der Waals surface area contributed by atoms with Crippen molar-refractivity contribution >= 4 is 5.91 Å². The summed E-state index contributed by atoms with van der Waals surface area (Å²) in [6.07, 6.45) is 20.1. The number of hydroxylamine groups is 2. The second-order valence-electron chi connectivity index (χ2n) is 7.78. The zero-order valence-electron chi connectivity index (χ0n) is 15.0. The van der Waals surface area contributed by atoms with Crippen molar-refractivity contribution in [2.75, 3.05) is 0 Å². The first-order chi connectivity index (χ1) is 11.3. The second-order valence-corrected chi connectivity index (χ2v) is 7.78. The van der Waals surface area contributed by atoms with E-state index in [0.717, 1.165) is 51.4 Å². The Balaban J connectivity index is 1.88. The molecule has 0 heterocycles. The second kappa shape index (κ2) is 11.1. The molecule has 134 valence electrons. The minimum absolute atomic E-state index is 0.0222. The van der Waals surface area contributed by atoms with E-state index >= 15 is 0 Å². The fourth-order valence-corrected chi connectivity index (χ4v) is 4.28. The quantitative estimate of drug-likeness (QED) is 0.511. The Hall–Kier alpha value is -0.570. The summed E-state index contributed by atoms with van der Waals surface area (Å²) in [5, 5.41) is 11.8. The van der Waals surface area contributed by atoms with Gasteiger partial charge >= 0.3 is 0 Å². The third-order valence-corrected chi connectivity index (χ3v) is 5.85. The van der Waals surface area contributed by atoms with Gasteiger partial charge in [0.2, 0.25) is 5.91 Å².